The summed E-state index contributed by atoms with van der Waals surface area (Å²) in [6.45, 7) is 5.40. The lowest BCUT2D eigenvalue weighted by Crippen LogP contribution is -2.35. The number of rotatable bonds is 2. The molecule has 1 aliphatic carbocycles. The van der Waals surface area contributed by atoms with Gasteiger partial charge in [0.25, 0.3) is 0 Å². The van der Waals surface area contributed by atoms with Gasteiger partial charge in [-0.1, -0.05) is 23.2 Å². The number of amides is 2. The van der Waals surface area contributed by atoms with Crippen molar-refractivity contribution >= 4 is 40.7 Å². The van der Waals surface area contributed by atoms with Crippen LogP contribution in [0.2, 0.25) is 10.0 Å². The Kier molecular flexibility index (Phi) is 3.47. The molecule has 2 amide bonds. The van der Waals surface area contributed by atoms with Crippen molar-refractivity contribution in [3.63, 3.8) is 0 Å². The van der Waals surface area contributed by atoms with E-state index in [9.17, 15) is 14.4 Å². The molecule has 4 rings (SSSR count). The van der Waals surface area contributed by atoms with Gasteiger partial charge in [-0.15, -0.1) is 0 Å². The summed E-state index contributed by atoms with van der Waals surface area (Å²) in [7, 11) is 0. The number of carbonyl (C=O) groups excluding carboxylic acids is 2. The van der Waals surface area contributed by atoms with Crippen LogP contribution in [0, 0.1) is 17.8 Å². The largest absolute Gasteiger partial charge is 0.318 e. The number of aromatic nitrogens is 1. The molecule has 2 fully saturated rings. The van der Waals surface area contributed by atoms with Crippen LogP contribution >= 0.6 is 23.2 Å². The Labute approximate surface area is 160 Å². The molecule has 2 heterocycles. The van der Waals surface area contributed by atoms with Crippen molar-refractivity contribution in [2.24, 2.45) is 10.8 Å². The van der Waals surface area contributed by atoms with E-state index < -0.39 is 10.8 Å². The average molecular weight is 391 g/mol. The fourth-order valence-corrected chi connectivity index (χ4v) is 4.52. The number of hydrogen-bond donors (Lipinski definition) is 0. The standard InChI is InChI=1S/C19H16Cl2N2O3/c1-10-6-12(24)4-5-22(10)15-13(20)7-11(8-14(15)21)23-16(25)18(2)9-19(18,3)17(23)26/h4-8H,9H2,1-3H3. The first-order valence-corrected chi connectivity index (χ1v) is 8.93. The average Bonchev–Trinajstić information content (AvgIpc) is 3.09. The van der Waals surface area contributed by atoms with Gasteiger partial charge in [0, 0.05) is 24.0 Å². The number of hydrogen-bond acceptors (Lipinski definition) is 3. The van der Waals surface area contributed by atoms with Gasteiger partial charge >= 0.3 is 0 Å². The molecule has 1 saturated carbocycles. The van der Waals surface area contributed by atoms with Crippen LogP contribution in [-0.2, 0) is 9.59 Å². The lowest BCUT2D eigenvalue weighted by atomic mass is 10.00. The molecule has 0 bridgehead atoms. The Morgan fingerprint density at radius 1 is 0.962 bits per heavy atom. The molecular formula is C19H16Cl2N2O3. The normalized spacial score (nSPS) is 27.0. The number of piperidine rings is 1. The molecule has 2 unspecified atom stereocenters. The Bertz CT molecular complexity index is 1010. The molecule has 134 valence electrons. The highest BCUT2D eigenvalue weighted by Crippen LogP contribution is 2.69. The molecule has 1 aliphatic heterocycles. The summed E-state index contributed by atoms with van der Waals surface area (Å²) < 4.78 is 1.70. The fourth-order valence-electron chi connectivity index (χ4n) is 3.86. The third-order valence-electron chi connectivity index (χ3n) is 5.77. The zero-order valence-corrected chi connectivity index (χ0v) is 16.0. The van der Waals surface area contributed by atoms with Crippen molar-refractivity contribution in [2.45, 2.75) is 27.2 Å². The van der Waals surface area contributed by atoms with Gasteiger partial charge < -0.3 is 4.57 Å². The van der Waals surface area contributed by atoms with E-state index in [-0.39, 0.29) is 27.3 Å². The molecule has 0 radical (unpaired) electrons. The van der Waals surface area contributed by atoms with Gasteiger partial charge in [-0.3, -0.25) is 14.4 Å². The highest BCUT2D eigenvalue weighted by Gasteiger charge is 2.77. The molecule has 1 saturated heterocycles. The number of nitrogens with zero attached hydrogens (tertiary/aromatic N) is 2. The predicted octanol–water partition coefficient (Wildman–Crippen LogP) is 3.74. The highest BCUT2D eigenvalue weighted by atomic mass is 35.5. The molecular weight excluding hydrogens is 375 g/mol. The second-order valence-electron chi connectivity index (χ2n) is 7.42. The Hall–Kier alpha value is -2.11. The predicted molar refractivity (Wildman–Crippen MR) is 100 cm³/mol. The van der Waals surface area contributed by atoms with Crippen molar-refractivity contribution in [1.29, 1.82) is 0 Å². The molecule has 1 aromatic heterocycles. The Morgan fingerprint density at radius 2 is 1.50 bits per heavy atom. The Morgan fingerprint density at radius 3 is 2.00 bits per heavy atom. The molecule has 5 nitrogen and oxygen atoms in total. The zero-order chi connectivity index (χ0) is 19.0. The molecule has 0 spiro atoms. The molecule has 0 N–H and O–H groups in total. The maximum atomic E-state index is 12.7. The van der Waals surface area contributed by atoms with Crippen molar-refractivity contribution in [3.05, 3.63) is 56.4 Å². The first-order chi connectivity index (χ1) is 12.1. The summed E-state index contributed by atoms with van der Waals surface area (Å²) in [5, 5.41) is 0.575. The molecule has 7 heteroatoms. The zero-order valence-electron chi connectivity index (χ0n) is 14.5. The number of benzene rings is 1. The third-order valence-corrected chi connectivity index (χ3v) is 6.35. The summed E-state index contributed by atoms with van der Waals surface area (Å²) >= 11 is 12.9. The maximum absolute atomic E-state index is 12.7. The quantitative estimate of drug-likeness (QED) is 0.733. The topological polar surface area (TPSA) is 59.4 Å². The molecule has 1 aromatic carbocycles. The summed E-state index contributed by atoms with van der Waals surface area (Å²) in [5.41, 5.74) is 0.136. The van der Waals surface area contributed by atoms with E-state index >= 15 is 0 Å². The number of anilines is 1. The lowest BCUT2D eigenvalue weighted by Gasteiger charge is -2.21. The van der Waals surface area contributed by atoms with E-state index in [2.05, 4.69) is 0 Å². The minimum atomic E-state index is -0.642. The molecule has 2 aliphatic rings. The van der Waals surface area contributed by atoms with Crippen LogP contribution in [0.15, 0.2) is 35.3 Å². The number of halogens is 2. The van der Waals surface area contributed by atoms with Crippen molar-refractivity contribution < 1.29 is 9.59 Å². The van der Waals surface area contributed by atoms with Crippen LogP contribution in [0.3, 0.4) is 0 Å². The van der Waals surface area contributed by atoms with Crippen LogP contribution in [0.25, 0.3) is 5.69 Å². The van der Waals surface area contributed by atoms with Gasteiger partial charge in [-0.25, -0.2) is 4.90 Å². The molecule has 2 aromatic rings. The van der Waals surface area contributed by atoms with Crippen molar-refractivity contribution in [1.82, 2.24) is 4.57 Å². The number of carbonyl (C=O) groups is 2. The van der Waals surface area contributed by atoms with Gasteiger partial charge in [-0.2, -0.15) is 0 Å². The minimum Gasteiger partial charge on any atom is -0.318 e. The van der Waals surface area contributed by atoms with Crippen molar-refractivity contribution in [3.8, 4) is 5.69 Å². The number of aryl methyl sites for hydroxylation is 1. The smallest absolute Gasteiger partial charge is 0.240 e. The third kappa shape index (κ3) is 2.07. The SMILES string of the molecule is Cc1cc(=O)ccn1-c1c(Cl)cc(N2C(=O)C3(C)CC3(C)C2=O)cc1Cl. The van der Waals surface area contributed by atoms with Gasteiger partial charge in [0.05, 0.1) is 32.3 Å². The second-order valence-corrected chi connectivity index (χ2v) is 8.23. The van der Waals surface area contributed by atoms with Crippen LogP contribution in [0.1, 0.15) is 26.0 Å². The lowest BCUT2D eigenvalue weighted by molar-refractivity contribution is -0.125. The monoisotopic (exact) mass is 390 g/mol. The summed E-state index contributed by atoms with van der Waals surface area (Å²) in [4.78, 5) is 38.1. The molecule has 2 atom stereocenters. The fraction of sp³-hybridized carbons (Fsp3) is 0.316. The van der Waals surface area contributed by atoms with Gasteiger partial charge in [0.2, 0.25) is 11.8 Å². The van der Waals surface area contributed by atoms with E-state index in [1.165, 1.54) is 17.0 Å². The highest BCUT2D eigenvalue weighted by molar-refractivity contribution is 6.39. The van der Waals surface area contributed by atoms with Crippen LogP contribution in [0.5, 0.6) is 0 Å². The van der Waals surface area contributed by atoms with Crippen LogP contribution < -0.4 is 10.3 Å². The maximum Gasteiger partial charge on any atom is 0.240 e. The van der Waals surface area contributed by atoms with E-state index in [4.69, 9.17) is 23.2 Å². The summed E-state index contributed by atoms with van der Waals surface area (Å²) in [5.74, 6) is -0.436. The summed E-state index contributed by atoms with van der Waals surface area (Å²) in [6.07, 6.45) is 2.16. The number of fused-ring (bicyclic) bond motifs is 1. The van der Waals surface area contributed by atoms with E-state index in [0.29, 0.717) is 23.5 Å². The van der Waals surface area contributed by atoms with Crippen LogP contribution in [0.4, 0.5) is 5.69 Å². The van der Waals surface area contributed by atoms with Gasteiger partial charge in [0.15, 0.2) is 5.43 Å². The summed E-state index contributed by atoms with van der Waals surface area (Å²) in [6, 6.07) is 6.01. The minimum absolute atomic E-state index is 0.114. The van der Waals surface area contributed by atoms with Gasteiger partial charge in [0.1, 0.15) is 0 Å². The van der Waals surface area contributed by atoms with Crippen LogP contribution in [-0.4, -0.2) is 16.4 Å². The van der Waals surface area contributed by atoms with E-state index in [1.54, 1.807) is 29.8 Å². The Balaban J connectivity index is 1.82. The number of imide groups is 1. The second kappa shape index (κ2) is 5.21. The molecule has 26 heavy (non-hydrogen) atoms. The van der Waals surface area contributed by atoms with Crippen molar-refractivity contribution in [2.75, 3.05) is 4.90 Å². The van der Waals surface area contributed by atoms with E-state index in [0.717, 1.165) is 0 Å². The number of pyridine rings is 1. The van der Waals surface area contributed by atoms with Gasteiger partial charge in [-0.05, 0) is 39.3 Å². The first kappa shape index (κ1) is 17.3. The first-order valence-electron chi connectivity index (χ1n) is 8.18. The van der Waals surface area contributed by atoms with E-state index in [1.807, 2.05) is 13.8 Å².